The molecular weight excluding hydrogens is 560 g/mol. The second-order valence-electron chi connectivity index (χ2n) is 10.4. The van der Waals surface area contributed by atoms with Crippen LogP contribution in [0.1, 0.15) is 42.4 Å². The Bertz CT molecular complexity index is 1580. The van der Waals surface area contributed by atoms with Gasteiger partial charge in [0.15, 0.2) is 12.1 Å². The molecule has 0 radical (unpaired) electrons. The maximum absolute atomic E-state index is 11.5. The van der Waals surface area contributed by atoms with Gasteiger partial charge in [-0.25, -0.2) is 4.98 Å². The second kappa shape index (κ2) is 13.4. The Labute approximate surface area is 254 Å². The van der Waals surface area contributed by atoms with Gasteiger partial charge in [-0.1, -0.05) is 109 Å². The van der Waals surface area contributed by atoms with Crippen LogP contribution in [0.2, 0.25) is 0 Å². The quantitative estimate of drug-likeness (QED) is 0.169. The first kappa shape index (κ1) is 28.9. The van der Waals surface area contributed by atoms with Crippen LogP contribution in [0.4, 0.5) is 5.69 Å². The van der Waals surface area contributed by atoms with E-state index in [0.717, 1.165) is 39.3 Å². The summed E-state index contributed by atoms with van der Waals surface area (Å²) >= 11 is 1.52. The third-order valence-electron chi connectivity index (χ3n) is 7.20. The van der Waals surface area contributed by atoms with E-state index in [1.807, 2.05) is 109 Å². The minimum Gasteiger partial charge on any atom is -0.431 e. The van der Waals surface area contributed by atoms with E-state index in [1.54, 1.807) is 0 Å². The number of hydrogen-bond donors (Lipinski definition) is 2. The van der Waals surface area contributed by atoms with Crippen molar-refractivity contribution in [1.29, 1.82) is 0 Å². The summed E-state index contributed by atoms with van der Waals surface area (Å²) in [7, 11) is 0. The average molecular weight is 593 g/mol. The number of amides is 1. The number of hydrogen-bond acceptors (Lipinski definition) is 7. The van der Waals surface area contributed by atoms with Crippen LogP contribution in [0.25, 0.3) is 22.6 Å². The van der Waals surface area contributed by atoms with Gasteiger partial charge in [0.25, 0.3) is 5.22 Å². The lowest BCUT2D eigenvalue weighted by molar-refractivity contribution is -0.245. The minimum atomic E-state index is -0.599. The number of oxazole rings is 1. The van der Waals surface area contributed by atoms with Gasteiger partial charge in [0.2, 0.25) is 5.91 Å². The molecule has 1 fully saturated rings. The normalized spacial score (nSPS) is 18.3. The fourth-order valence-electron chi connectivity index (χ4n) is 5.05. The van der Waals surface area contributed by atoms with Gasteiger partial charge in [-0.05, 0) is 23.3 Å². The molecule has 8 heteroatoms. The Morgan fingerprint density at radius 3 is 2.16 bits per heavy atom. The third kappa shape index (κ3) is 7.06. The Morgan fingerprint density at radius 2 is 1.51 bits per heavy atom. The molecule has 6 rings (SSSR count). The lowest BCUT2D eigenvalue weighted by Gasteiger charge is -2.36. The molecule has 2 N–H and O–H groups in total. The molecule has 1 amide bonds. The van der Waals surface area contributed by atoms with Gasteiger partial charge < -0.3 is 24.3 Å². The molecule has 1 aliphatic heterocycles. The van der Waals surface area contributed by atoms with Gasteiger partial charge in [-0.2, -0.15) is 0 Å². The van der Waals surface area contributed by atoms with Crippen molar-refractivity contribution in [1.82, 2.24) is 4.98 Å². The molecule has 0 bridgehead atoms. The zero-order chi connectivity index (χ0) is 29.6. The number of benzene rings is 4. The first-order valence-electron chi connectivity index (χ1n) is 14.2. The van der Waals surface area contributed by atoms with Crippen molar-refractivity contribution in [2.75, 3.05) is 11.1 Å². The molecule has 0 spiro atoms. The highest BCUT2D eigenvalue weighted by atomic mass is 32.2. The fourth-order valence-corrected chi connectivity index (χ4v) is 5.89. The van der Waals surface area contributed by atoms with Gasteiger partial charge >= 0.3 is 0 Å². The Morgan fingerprint density at radius 1 is 0.860 bits per heavy atom. The monoisotopic (exact) mass is 592 g/mol. The highest BCUT2D eigenvalue weighted by Gasteiger charge is 2.33. The average Bonchev–Trinajstić information content (AvgIpc) is 3.49. The van der Waals surface area contributed by atoms with Crippen LogP contribution in [-0.4, -0.2) is 27.9 Å². The van der Waals surface area contributed by atoms with Crippen molar-refractivity contribution in [2.24, 2.45) is 0 Å². The second-order valence-corrected chi connectivity index (χ2v) is 11.3. The van der Waals surface area contributed by atoms with Gasteiger partial charge in [0.05, 0.1) is 18.8 Å². The highest BCUT2D eigenvalue weighted by Crippen LogP contribution is 2.41. The Kier molecular flexibility index (Phi) is 9.00. The Hall–Kier alpha value is -4.21. The number of thioether (sulfide) groups is 1. The van der Waals surface area contributed by atoms with E-state index in [0.29, 0.717) is 23.1 Å². The van der Waals surface area contributed by atoms with Crippen molar-refractivity contribution >= 4 is 23.4 Å². The summed E-state index contributed by atoms with van der Waals surface area (Å²) in [6.45, 7) is 1.47. The number of carbonyl (C=O) groups excluding carboxylic acids is 1. The molecule has 218 valence electrons. The van der Waals surface area contributed by atoms with Crippen LogP contribution in [-0.2, 0) is 20.9 Å². The van der Waals surface area contributed by atoms with Crippen LogP contribution in [0.3, 0.4) is 0 Å². The van der Waals surface area contributed by atoms with E-state index in [9.17, 15) is 9.90 Å². The molecule has 0 aliphatic carbocycles. The van der Waals surface area contributed by atoms with Crippen LogP contribution in [0.5, 0.6) is 0 Å². The lowest BCUT2D eigenvalue weighted by atomic mass is 10.0. The molecular formula is C35H32N2O5S. The van der Waals surface area contributed by atoms with Crippen molar-refractivity contribution in [3.63, 3.8) is 0 Å². The van der Waals surface area contributed by atoms with Crippen LogP contribution in [0.15, 0.2) is 119 Å². The summed E-state index contributed by atoms with van der Waals surface area (Å²) in [4.78, 5) is 16.4. The van der Waals surface area contributed by atoms with Gasteiger partial charge in [-0.3, -0.25) is 4.79 Å². The molecule has 0 saturated carbocycles. The molecule has 0 unspecified atom stereocenters. The zero-order valence-corrected chi connectivity index (χ0v) is 24.5. The maximum atomic E-state index is 11.5. The number of nitrogens with zero attached hydrogens (tertiary/aromatic N) is 1. The molecule has 7 nitrogen and oxygen atoms in total. The number of aromatic nitrogens is 1. The number of anilines is 1. The minimum absolute atomic E-state index is 0.0104. The zero-order valence-electron chi connectivity index (χ0n) is 23.7. The first-order valence-corrected chi connectivity index (χ1v) is 15.2. The van der Waals surface area contributed by atoms with Gasteiger partial charge in [0, 0.05) is 41.5 Å². The first-order chi connectivity index (χ1) is 21.1. The fraction of sp³-hybridized carbons (Fsp3) is 0.200. The summed E-state index contributed by atoms with van der Waals surface area (Å²) in [5.74, 6) is 1.22. The molecule has 1 aromatic heterocycles. The maximum Gasteiger partial charge on any atom is 0.256 e. The number of aliphatic hydroxyl groups excluding tert-OH is 1. The summed E-state index contributed by atoms with van der Waals surface area (Å²) in [5.41, 5.74) is 6.20. The Balaban J connectivity index is 1.24. The topological polar surface area (TPSA) is 93.8 Å². The van der Waals surface area contributed by atoms with Crippen LogP contribution >= 0.6 is 11.8 Å². The molecule has 1 aliphatic rings. The van der Waals surface area contributed by atoms with Crippen LogP contribution < -0.4 is 5.32 Å². The van der Waals surface area contributed by atoms with Crippen molar-refractivity contribution < 1.29 is 23.8 Å². The van der Waals surface area contributed by atoms with E-state index in [4.69, 9.17) is 18.9 Å². The standard InChI is InChI=1S/C35H32N2O5S/c1-23(39)36-29-18-16-28(17-19-29)34-40-30(20-31(41-34)25-14-12-24(21-38)13-15-25)22-43-35-37-32(26-8-4-2-5-9-26)33(42-35)27-10-6-3-7-11-27/h2-19,30-31,34,38H,20-22H2,1H3,(H,36,39)/t30-,31+,34+/m1/s1. The van der Waals surface area contributed by atoms with Gasteiger partial charge in [-0.15, -0.1) is 0 Å². The van der Waals surface area contributed by atoms with Crippen molar-refractivity contribution in [3.8, 4) is 22.6 Å². The van der Waals surface area contributed by atoms with E-state index in [-0.39, 0.29) is 24.7 Å². The van der Waals surface area contributed by atoms with E-state index < -0.39 is 6.29 Å². The number of ether oxygens (including phenoxy) is 2. The van der Waals surface area contributed by atoms with E-state index in [1.165, 1.54) is 18.7 Å². The summed E-state index contributed by atoms with van der Waals surface area (Å²) < 4.78 is 19.3. The molecule has 4 aromatic carbocycles. The number of nitrogens with one attached hydrogen (secondary N) is 1. The number of carbonyl (C=O) groups is 1. The molecule has 2 heterocycles. The van der Waals surface area contributed by atoms with Gasteiger partial charge in [0.1, 0.15) is 5.69 Å². The summed E-state index contributed by atoms with van der Waals surface area (Å²) in [6.07, 6.45) is -0.327. The largest absolute Gasteiger partial charge is 0.431 e. The van der Waals surface area contributed by atoms with E-state index in [2.05, 4.69) is 5.32 Å². The summed E-state index contributed by atoms with van der Waals surface area (Å²) in [5, 5.41) is 12.9. The predicted molar refractivity (Wildman–Crippen MR) is 167 cm³/mol. The molecule has 1 saturated heterocycles. The van der Waals surface area contributed by atoms with E-state index >= 15 is 0 Å². The number of aliphatic hydroxyl groups is 1. The third-order valence-corrected chi connectivity index (χ3v) is 8.16. The molecule has 3 atom stereocenters. The SMILES string of the molecule is CC(=O)Nc1ccc([C@H]2O[C@@H](CSc3nc(-c4ccccc4)c(-c4ccccc4)o3)C[C@@H](c3ccc(CO)cc3)O2)cc1. The highest BCUT2D eigenvalue weighted by molar-refractivity contribution is 7.99. The lowest BCUT2D eigenvalue weighted by Crippen LogP contribution is -2.31. The molecule has 43 heavy (non-hydrogen) atoms. The van der Waals surface area contributed by atoms with Crippen molar-refractivity contribution in [2.45, 2.75) is 43.7 Å². The summed E-state index contributed by atoms with van der Waals surface area (Å²) in [6, 6.07) is 35.4. The van der Waals surface area contributed by atoms with Crippen molar-refractivity contribution in [3.05, 3.63) is 126 Å². The van der Waals surface area contributed by atoms with Crippen LogP contribution in [0, 0.1) is 0 Å². The number of rotatable bonds is 9. The molecule has 5 aromatic rings. The predicted octanol–water partition coefficient (Wildman–Crippen LogP) is 7.80. The smallest absolute Gasteiger partial charge is 0.256 e.